The summed E-state index contributed by atoms with van der Waals surface area (Å²) in [5, 5.41) is 11.0. The minimum Gasteiger partial charge on any atom is -0.460 e. The maximum atomic E-state index is 14.2. The summed E-state index contributed by atoms with van der Waals surface area (Å²) < 4.78 is 6.15. The van der Waals surface area contributed by atoms with Crippen LogP contribution in [0.1, 0.15) is 111 Å². The first-order valence-electron chi connectivity index (χ1n) is 16.7. The fourth-order valence-corrected chi connectivity index (χ4v) is 12.5. The van der Waals surface area contributed by atoms with Crippen molar-refractivity contribution in [2.45, 2.75) is 118 Å². The zero-order valence-electron chi connectivity index (χ0n) is 26.5. The fourth-order valence-electron chi connectivity index (χ4n) is 12.5. The molecule has 4 heteroatoms. The van der Waals surface area contributed by atoms with Gasteiger partial charge in [0.2, 0.25) is 0 Å². The molecule has 0 saturated heterocycles. The SMILES string of the molecule is CC(C=O)[C@@H]1CC[C@]2(C(=O)OCc3ccccc3)CC[C@]3(C)C(CCC4[C@@]5(C)CC[C@@H](O)C(C)(C)C5CC[C@]43C)C12. The molecule has 0 aliphatic heterocycles. The molecule has 5 fully saturated rings. The molecule has 0 heterocycles. The lowest BCUT2D eigenvalue weighted by molar-refractivity contribution is -0.250. The van der Waals surface area contributed by atoms with Crippen molar-refractivity contribution in [3.63, 3.8) is 0 Å². The Morgan fingerprint density at radius 1 is 0.902 bits per heavy atom. The van der Waals surface area contributed by atoms with Crippen molar-refractivity contribution in [3.05, 3.63) is 35.9 Å². The van der Waals surface area contributed by atoms with Gasteiger partial charge in [-0.25, -0.2) is 0 Å². The number of benzene rings is 1. The van der Waals surface area contributed by atoms with Gasteiger partial charge in [0.05, 0.1) is 11.5 Å². The van der Waals surface area contributed by atoms with Gasteiger partial charge in [0.15, 0.2) is 0 Å². The molecule has 11 atom stereocenters. The molecule has 0 amide bonds. The summed E-state index contributed by atoms with van der Waals surface area (Å²) in [6, 6.07) is 10.0. The number of carbonyl (C=O) groups excluding carboxylic acids is 2. The smallest absolute Gasteiger partial charge is 0.312 e. The number of esters is 1. The fraction of sp³-hybridized carbons (Fsp3) is 0.784. The topological polar surface area (TPSA) is 63.6 Å². The van der Waals surface area contributed by atoms with E-state index >= 15 is 0 Å². The van der Waals surface area contributed by atoms with Crippen LogP contribution in [0.2, 0.25) is 0 Å². The number of carbonyl (C=O) groups is 2. The van der Waals surface area contributed by atoms with Crippen LogP contribution < -0.4 is 0 Å². The average Bonchev–Trinajstić information content (AvgIpc) is 3.35. The molecule has 4 nitrogen and oxygen atoms in total. The largest absolute Gasteiger partial charge is 0.460 e. The molecular formula is C37H54O4. The lowest BCUT2D eigenvalue weighted by atomic mass is 9.32. The first kappa shape index (κ1) is 29.4. The molecule has 0 radical (unpaired) electrons. The number of fused-ring (bicyclic) bond motifs is 7. The highest BCUT2D eigenvalue weighted by atomic mass is 16.5. The van der Waals surface area contributed by atoms with Crippen LogP contribution in [-0.2, 0) is 20.9 Å². The van der Waals surface area contributed by atoms with Crippen molar-refractivity contribution >= 4 is 12.3 Å². The summed E-state index contributed by atoms with van der Waals surface area (Å²) >= 11 is 0. The van der Waals surface area contributed by atoms with Crippen LogP contribution in [0, 0.1) is 62.6 Å². The second-order valence-corrected chi connectivity index (χ2v) is 16.5. The Hall–Kier alpha value is -1.68. The second kappa shape index (κ2) is 9.93. The van der Waals surface area contributed by atoms with E-state index in [1.807, 2.05) is 30.3 Å². The Labute approximate surface area is 248 Å². The number of aldehydes is 1. The van der Waals surface area contributed by atoms with Gasteiger partial charge in [-0.3, -0.25) is 4.79 Å². The van der Waals surface area contributed by atoms with Crippen molar-refractivity contribution in [2.24, 2.45) is 62.6 Å². The molecule has 0 spiro atoms. The summed E-state index contributed by atoms with van der Waals surface area (Å²) in [6.07, 6.45) is 11.4. The maximum Gasteiger partial charge on any atom is 0.312 e. The maximum absolute atomic E-state index is 14.2. The first-order valence-corrected chi connectivity index (χ1v) is 16.7. The molecule has 5 unspecified atom stereocenters. The lowest BCUT2D eigenvalue weighted by Crippen LogP contribution is -2.67. The average molecular weight is 563 g/mol. The van der Waals surface area contributed by atoms with E-state index in [-0.39, 0.29) is 51.5 Å². The summed E-state index contributed by atoms with van der Waals surface area (Å²) in [5.41, 5.74) is 1.07. The van der Waals surface area contributed by atoms with Gasteiger partial charge >= 0.3 is 5.97 Å². The van der Waals surface area contributed by atoms with Crippen LogP contribution in [0.15, 0.2) is 30.3 Å². The van der Waals surface area contributed by atoms with Crippen LogP contribution in [-0.4, -0.2) is 23.5 Å². The zero-order valence-corrected chi connectivity index (χ0v) is 26.5. The Kier molecular flexibility index (Phi) is 7.12. The van der Waals surface area contributed by atoms with Gasteiger partial charge in [0.25, 0.3) is 0 Å². The third-order valence-electron chi connectivity index (χ3n) is 15.0. The molecule has 1 aromatic rings. The van der Waals surface area contributed by atoms with Gasteiger partial charge in [-0.05, 0) is 121 Å². The monoisotopic (exact) mass is 562 g/mol. The van der Waals surface area contributed by atoms with Crippen LogP contribution in [0.4, 0.5) is 0 Å². The molecule has 226 valence electrons. The number of rotatable bonds is 5. The molecule has 5 saturated carbocycles. The normalized spacial score (nSPS) is 47.2. The Balaban J connectivity index is 1.34. The highest BCUT2D eigenvalue weighted by molar-refractivity contribution is 5.78. The standard InChI is InChI=1S/C37H54O4/c1-24(22-38)26-14-19-37(32(40)41-23-25-10-8-7-9-11-25)21-20-35(5)27(31(26)37)12-13-29-34(4)17-16-30(39)33(2,3)28(34)15-18-36(29,35)6/h7-11,22,24,26-31,39H,12-21,23H2,1-6H3/t24?,26-,27?,28?,29?,30+,31?,34-,35+,36+,37-/m0/s1. The first-order chi connectivity index (χ1) is 19.3. The summed E-state index contributed by atoms with van der Waals surface area (Å²) in [6.45, 7) is 14.8. The third kappa shape index (κ3) is 4.01. The van der Waals surface area contributed by atoms with E-state index in [9.17, 15) is 14.7 Å². The van der Waals surface area contributed by atoms with E-state index in [1.54, 1.807) is 0 Å². The molecule has 0 bridgehead atoms. The van der Waals surface area contributed by atoms with E-state index in [0.29, 0.717) is 24.4 Å². The predicted octanol–water partition coefficient (Wildman–Crippen LogP) is 8.01. The van der Waals surface area contributed by atoms with Crippen LogP contribution in [0.3, 0.4) is 0 Å². The molecule has 5 aliphatic carbocycles. The summed E-state index contributed by atoms with van der Waals surface area (Å²) in [7, 11) is 0. The Morgan fingerprint density at radius 3 is 2.34 bits per heavy atom. The summed E-state index contributed by atoms with van der Waals surface area (Å²) in [4.78, 5) is 26.4. The van der Waals surface area contributed by atoms with Crippen LogP contribution >= 0.6 is 0 Å². The quantitative estimate of drug-likeness (QED) is 0.292. The number of aliphatic hydroxyl groups is 1. The number of hydrogen-bond acceptors (Lipinski definition) is 4. The second-order valence-electron chi connectivity index (χ2n) is 16.5. The van der Waals surface area contributed by atoms with E-state index in [1.165, 1.54) is 19.3 Å². The molecule has 5 aliphatic rings. The van der Waals surface area contributed by atoms with Crippen molar-refractivity contribution in [1.29, 1.82) is 0 Å². The molecule has 1 aromatic carbocycles. The van der Waals surface area contributed by atoms with E-state index in [0.717, 1.165) is 56.8 Å². The van der Waals surface area contributed by atoms with Crippen LogP contribution in [0.25, 0.3) is 0 Å². The van der Waals surface area contributed by atoms with Gasteiger partial charge in [-0.1, -0.05) is 71.9 Å². The zero-order chi connectivity index (χ0) is 29.4. The molecule has 0 aromatic heterocycles. The Morgan fingerprint density at radius 2 is 1.63 bits per heavy atom. The summed E-state index contributed by atoms with van der Waals surface area (Å²) in [5.74, 6) is 2.00. The van der Waals surface area contributed by atoms with Crippen molar-refractivity contribution < 1.29 is 19.4 Å². The minimum atomic E-state index is -0.470. The highest BCUT2D eigenvalue weighted by Gasteiger charge is 2.72. The predicted molar refractivity (Wildman–Crippen MR) is 162 cm³/mol. The number of aliphatic hydroxyl groups excluding tert-OH is 1. The Bertz CT molecular complexity index is 1160. The molecule has 1 N–H and O–H groups in total. The number of hydrogen-bond donors (Lipinski definition) is 1. The van der Waals surface area contributed by atoms with Crippen molar-refractivity contribution in [3.8, 4) is 0 Å². The lowest BCUT2D eigenvalue weighted by Gasteiger charge is -2.72. The van der Waals surface area contributed by atoms with Crippen LogP contribution in [0.5, 0.6) is 0 Å². The minimum absolute atomic E-state index is 0.0139. The van der Waals surface area contributed by atoms with Crippen molar-refractivity contribution in [2.75, 3.05) is 0 Å². The van der Waals surface area contributed by atoms with Gasteiger partial charge in [0.1, 0.15) is 12.9 Å². The van der Waals surface area contributed by atoms with Crippen molar-refractivity contribution in [1.82, 2.24) is 0 Å². The third-order valence-corrected chi connectivity index (χ3v) is 15.0. The van der Waals surface area contributed by atoms with E-state index in [4.69, 9.17) is 4.74 Å². The molecular weight excluding hydrogens is 508 g/mol. The molecule has 6 rings (SSSR count). The van der Waals surface area contributed by atoms with E-state index in [2.05, 4.69) is 41.5 Å². The van der Waals surface area contributed by atoms with Gasteiger partial charge in [0, 0.05) is 5.92 Å². The van der Waals surface area contributed by atoms with Gasteiger partial charge in [-0.15, -0.1) is 0 Å². The van der Waals surface area contributed by atoms with Gasteiger partial charge < -0.3 is 14.6 Å². The number of ether oxygens (including phenoxy) is 1. The van der Waals surface area contributed by atoms with E-state index < -0.39 is 5.41 Å². The highest BCUT2D eigenvalue weighted by Crippen LogP contribution is 2.77. The molecule has 41 heavy (non-hydrogen) atoms. The van der Waals surface area contributed by atoms with Gasteiger partial charge in [-0.2, -0.15) is 0 Å².